The van der Waals surface area contributed by atoms with E-state index >= 15 is 0 Å². The van der Waals surface area contributed by atoms with Gasteiger partial charge in [-0.3, -0.25) is 19.8 Å². The number of nitrogens with zero attached hydrogens (tertiary/aromatic N) is 1. The van der Waals surface area contributed by atoms with Crippen LogP contribution in [0.25, 0.3) is 10.9 Å². The Bertz CT molecular complexity index is 1450. The lowest BCUT2D eigenvalue weighted by Crippen LogP contribution is -2.36. The molecule has 1 aromatic heterocycles. The van der Waals surface area contributed by atoms with Crippen LogP contribution in [0.5, 0.6) is 0 Å². The van der Waals surface area contributed by atoms with Gasteiger partial charge in [0.25, 0.3) is 5.91 Å². The number of benzene rings is 3. The predicted molar refractivity (Wildman–Crippen MR) is 138 cm³/mol. The first-order chi connectivity index (χ1) is 16.2. The highest BCUT2D eigenvalue weighted by Crippen LogP contribution is 2.25. The standard InChI is InChI=1S/C24H17BrCl2N4O3/c1-13-5-7-18(12-19(13)27)28-22(32)21-10-14-9-15(25)6-8-20(14)31(21)30-24(34)23(33)29-17-4-2-3-16(26)11-17/h2-12H,1H3,(H,28,32)(H,29,33)(H,30,34). The van der Waals surface area contributed by atoms with E-state index in [0.29, 0.717) is 32.3 Å². The fraction of sp³-hybridized carbons (Fsp3) is 0.0417. The molecule has 1 heterocycles. The minimum Gasteiger partial charge on any atom is -0.321 e. The van der Waals surface area contributed by atoms with Gasteiger partial charge in [-0.05, 0) is 67.1 Å². The molecule has 34 heavy (non-hydrogen) atoms. The van der Waals surface area contributed by atoms with Crippen LogP contribution in [0.15, 0.2) is 71.2 Å². The van der Waals surface area contributed by atoms with E-state index < -0.39 is 17.7 Å². The van der Waals surface area contributed by atoms with Gasteiger partial charge in [-0.1, -0.05) is 51.3 Å². The largest absolute Gasteiger partial charge is 0.328 e. The maximum Gasteiger partial charge on any atom is 0.328 e. The van der Waals surface area contributed by atoms with Gasteiger partial charge in [-0.25, -0.2) is 4.68 Å². The maximum absolute atomic E-state index is 13.1. The third-order valence-electron chi connectivity index (χ3n) is 4.93. The number of nitrogens with one attached hydrogen (secondary N) is 3. The first kappa shape index (κ1) is 23.8. The topological polar surface area (TPSA) is 92.2 Å². The molecule has 4 aromatic rings. The number of hydrogen-bond donors (Lipinski definition) is 3. The highest BCUT2D eigenvalue weighted by atomic mass is 79.9. The number of rotatable bonds is 4. The van der Waals surface area contributed by atoms with Crippen molar-refractivity contribution in [2.24, 2.45) is 0 Å². The molecule has 0 atom stereocenters. The fourth-order valence-corrected chi connectivity index (χ4v) is 4.00. The summed E-state index contributed by atoms with van der Waals surface area (Å²) in [5, 5.41) is 6.85. The number of amides is 3. The molecule has 0 radical (unpaired) electrons. The maximum atomic E-state index is 13.1. The lowest BCUT2D eigenvalue weighted by molar-refractivity contribution is -0.133. The zero-order valence-corrected chi connectivity index (χ0v) is 20.8. The molecule has 0 aliphatic heterocycles. The molecule has 10 heteroatoms. The molecular formula is C24H17BrCl2N4O3. The van der Waals surface area contributed by atoms with Gasteiger partial charge in [0, 0.05) is 31.3 Å². The zero-order chi connectivity index (χ0) is 24.4. The lowest BCUT2D eigenvalue weighted by Gasteiger charge is -2.13. The van der Waals surface area contributed by atoms with E-state index in [9.17, 15) is 14.4 Å². The van der Waals surface area contributed by atoms with Gasteiger partial charge < -0.3 is 10.6 Å². The van der Waals surface area contributed by atoms with Crippen LogP contribution in [0.1, 0.15) is 16.1 Å². The summed E-state index contributed by atoms with van der Waals surface area (Å²) in [4.78, 5) is 38.3. The molecule has 3 N–H and O–H groups in total. The average Bonchev–Trinajstić information content (AvgIpc) is 3.13. The second-order valence-corrected chi connectivity index (χ2v) is 9.15. The molecule has 4 rings (SSSR count). The Hall–Kier alpha value is -3.33. The van der Waals surface area contributed by atoms with E-state index in [4.69, 9.17) is 23.2 Å². The summed E-state index contributed by atoms with van der Waals surface area (Å²) in [6, 6.07) is 18.4. The third kappa shape index (κ3) is 5.25. The van der Waals surface area contributed by atoms with E-state index in [1.807, 2.05) is 6.92 Å². The van der Waals surface area contributed by atoms with Crippen LogP contribution < -0.4 is 16.1 Å². The quantitative estimate of drug-likeness (QED) is 0.268. The van der Waals surface area contributed by atoms with Crippen molar-refractivity contribution in [1.29, 1.82) is 0 Å². The number of carbonyl (C=O) groups is 3. The predicted octanol–water partition coefficient (Wildman–Crippen LogP) is 5.98. The summed E-state index contributed by atoms with van der Waals surface area (Å²) in [7, 11) is 0. The van der Waals surface area contributed by atoms with Crippen LogP contribution in [-0.2, 0) is 9.59 Å². The summed E-state index contributed by atoms with van der Waals surface area (Å²) in [5.74, 6) is -2.38. The van der Waals surface area contributed by atoms with E-state index in [-0.39, 0.29) is 5.69 Å². The monoisotopic (exact) mass is 558 g/mol. The number of carbonyl (C=O) groups excluding carboxylic acids is 3. The fourth-order valence-electron chi connectivity index (χ4n) is 3.25. The number of hydrogen-bond acceptors (Lipinski definition) is 3. The lowest BCUT2D eigenvalue weighted by atomic mass is 10.2. The molecule has 3 amide bonds. The van der Waals surface area contributed by atoms with Crippen LogP contribution >= 0.6 is 39.1 Å². The Morgan fingerprint density at radius 1 is 0.853 bits per heavy atom. The van der Waals surface area contributed by atoms with Gasteiger partial charge >= 0.3 is 11.8 Å². The number of fused-ring (bicyclic) bond motifs is 1. The highest BCUT2D eigenvalue weighted by Gasteiger charge is 2.21. The van der Waals surface area contributed by atoms with Crippen molar-refractivity contribution in [3.8, 4) is 0 Å². The van der Waals surface area contributed by atoms with Crippen LogP contribution in [0.4, 0.5) is 11.4 Å². The van der Waals surface area contributed by atoms with Gasteiger partial charge in [0.15, 0.2) is 0 Å². The molecule has 0 aliphatic rings. The van der Waals surface area contributed by atoms with Gasteiger partial charge in [0.05, 0.1) is 5.52 Å². The van der Waals surface area contributed by atoms with Crippen molar-refractivity contribution in [3.05, 3.63) is 92.5 Å². The molecule has 172 valence electrons. The SMILES string of the molecule is Cc1ccc(NC(=O)c2cc3cc(Br)ccc3n2NC(=O)C(=O)Nc2cccc(Cl)c2)cc1Cl. The third-order valence-corrected chi connectivity index (χ3v) is 6.06. The number of aromatic nitrogens is 1. The van der Waals surface area contributed by atoms with Gasteiger partial charge in [0.1, 0.15) is 5.69 Å². The molecule has 0 saturated heterocycles. The Labute approximate surface area is 213 Å². The summed E-state index contributed by atoms with van der Waals surface area (Å²) in [6.07, 6.45) is 0. The first-order valence-corrected chi connectivity index (χ1v) is 11.5. The Morgan fingerprint density at radius 3 is 2.35 bits per heavy atom. The van der Waals surface area contributed by atoms with Crippen molar-refractivity contribution >= 4 is 79.1 Å². The molecule has 0 unspecified atom stereocenters. The van der Waals surface area contributed by atoms with Crippen LogP contribution in [0.3, 0.4) is 0 Å². The smallest absolute Gasteiger partial charge is 0.321 e. The van der Waals surface area contributed by atoms with Crippen molar-refractivity contribution in [2.45, 2.75) is 6.92 Å². The van der Waals surface area contributed by atoms with Crippen LogP contribution in [0, 0.1) is 6.92 Å². The van der Waals surface area contributed by atoms with E-state index in [1.54, 1.807) is 60.7 Å². The van der Waals surface area contributed by atoms with Crippen LogP contribution in [-0.4, -0.2) is 22.4 Å². The molecular weight excluding hydrogens is 543 g/mol. The van der Waals surface area contributed by atoms with Crippen molar-refractivity contribution in [3.63, 3.8) is 0 Å². The molecule has 0 spiro atoms. The van der Waals surface area contributed by atoms with E-state index in [1.165, 1.54) is 10.7 Å². The number of anilines is 2. The Balaban J connectivity index is 1.63. The molecule has 0 aliphatic carbocycles. The van der Waals surface area contributed by atoms with Crippen molar-refractivity contribution in [2.75, 3.05) is 16.1 Å². The minimum atomic E-state index is -0.965. The van der Waals surface area contributed by atoms with E-state index in [2.05, 4.69) is 32.0 Å². The molecule has 7 nitrogen and oxygen atoms in total. The summed E-state index contributed by atoms with van der Waals surface area (Å²) in [5.41, 5.74) is 4.88. The molecule has 0 bridgehead atoms. The molecule has 0 fully saturated rings. The van der Waals surface area contributed by atoms with Crippen LogP contribution in [0.2, 0.25) is 10.0 Å². The second-order valence-electron chi connectivity index (χ2n) is 7.39. The average molecular weight is 560 g/mol. The number of halogens is 3. The zero-order valence-electron chi connectivity index (χ0n) is 17.7. The van der Waals surface area contributed by atoms with Crippen molar-refractivity contribution < 1.29 is 14.4 Å². The second kappa shape index (κ2) is 9.89. The summed E-state index contributed by atoms with van der Waals surface area (Å²) < 4.78 is 2.06. The van der Waals surface area contributed by atoms with E-state index in [0.717, 1.165) is 10.0 Å². The highest BCUT2D eigenvalue weighted by molar-refractivity contribution is 9.10. The Morgan fingerprint density at radius 2 is 1.62 bits per heavy atom. The van der Waals surface area contributed by atoms with Crippen molar-refractivity contribution in [1.82, 2.24) is 4.68 Å². The minimum absolute atomic E-state index is 0.119. The first-order valence-electron chi connectivity index (χ1n) is 9.97. The summed E-state index contributed by atoms with van der Waals surface area (Å²) >= 11 is 15.5. The van der Waals surface area contributed by atoms with Gasteiger partial charge in [-0.15, -0.1) is 0 Å². The van der Waals surface area contributed by atoms with Gasteiger partial charge in [-0.2, -0.15) is 0 Å². The molecule has 0 saturated carbocycles. The van der Waals surface area contributed by atoms with Gasteiger partial charge in [0.2, 0.25) is 0 Å². The summed E-state index contributed by atoms with van der Waals surface area (Å²) in [6.45, 7) is 1.85. The number of aryl methyl sites for hydroxylation is 1. The molecule has 3 aromatic carbocycles. The Kier molecular flexibility index (Phi) is 6.92. The normalized spacial score (nSPS) is 10.7.